The zero-order chi connectivity index (χ0) is 14.5. The normalized spacial score (nSPS) is 18.5. The number of methoxy groups -OCH3 is 1. The molecule has 1 N–H and O–H groups in total. The lowest BCUT2D eigenvalue weighted by molar-refractivity contribution is -0.144. The highest BCUT2D eigenvalue weighted by Crippen LogP contribution is 2.17. The summed E-state index contributed by atoms with van der Waals surface area (Å²) in [5.41, 5.74) is 0.592. The van der Waals surface area contributed by atoms with Crippen molar-refractivity contribution in [3.05, 3.63) is 24.3 Å². The van der Waals surface area contributed by atoms with Crippen LogP contribution in [0, 0.1) is 5.92 Å². The molecule has 1 aliphatic rings. The van der Waals surface area contributed by atoms with Crippen molar-refractivity contribution in [2.45, 2.75) is 19.8 Å². The Bertz CT molecular complexity index is 484. The van der Waals surface area contributed by atoms with Gasteiger partial charge in [-0.05, 0) is 43.0 Å². The lowest BCUT2D eigenvalue weighted by atomic mass is 10.0. The van der Waals surface area contributed by atoms with Crippen LogP contribution in [0.3, 0.4) is 0 Å². The van der Waals surface area contributed by atoms with Crippen molar-refractivity contribution >= 4 is 17.5 Å². The number of nitrogens with one attached hydrogen (secondary N) is 1. The molecule has 2 rings (SSSR count). The number of rotatable bonds is 2. The van der Waals surface area contributed by atoms with Gasteiger partial charge in [-0.1, -0.05) is 6.92 Å². The van der Waals surface area contributed by atoms with Crippen molar-refractivity contribution in [1.82, 2.24) is 4.90 Å². The predicted molar refractivity (Wildman–Crippen MR) is 76.6 cm³/mol. The maximum atomic E-state index is 12.1. The van der Waals surface area contributed by atoms with E-state index in [0.717, 1.165) is 12.8 Å². The Balaban J connectivity index is 1.94. The summed E-state index contributed by atoms with van der Waals surface area (Å²) in [6.45, 7) is 3.43. The van der Waals surface area contributed by atoms with Crippen molar-refractivity contribution in [2.75, 3.05) is 25.5 Å². The highest BCUT2D eigenvalue weighted by Gasteiger charge is 2.25. The van der Waals surface area contributed by atoms with Crippen LogP contribution in [0.25, 0.3) is 0 Å². The number of benzene rings is 1. The van der Waals surface area contributed by atoms with Crippen molar-refractivity contribution < 1.29 is 14.3 Å². The van der Waals surface area contributed by atoms with Crippen LogP contribution in [0.15, 0.2) is 24.3 Å². The molecule has 0 bridgehead atoms. The Morgan fingerprint density at radius 2 is 2.00 bits per heavy atom. The van der Waals surface area contributed by atoms with E-state index in [-0.39, 0.29) is 0 Å². The molecule has 0 aromatic heterocycles. The number of likely N-dealkylation sites (tertiary alicyclic amines) is 1. The van der Waals surface area contributed by atoms with E-state index in [4.69, 9.17) is 4.74 Å². The smallest absolute Gasteiger partial charge is 0.313 e. The fraction of sp³-hybridized carbons (Fsp3) is 0.467. The van der Waals surface area contributed by atoms with Gasteiger partial charge < -0.3 is 15.0 Å². The van der Waals surface area contributed by atoms with Gasteiger partial charge >= 0.3 is 11.8 Å². The minimum Gasteiger partial charge on any atom is -0.497 e. The summed E-state index contributed by atoms with van der Waals surface area (Å²) in [5.74, 6) is 0.136. The van der Waals surface area contributed by atoms with Gasteiger partial charge in [0.25, 0.3) is 0 Å². The standard InChI is InChI=1S/C15H20N2O3/c1-11-4-3-9-17(10-11)15(19)14(18)16-12-5-7-13(20-2)8-6-12/h5-8,11H,3-4,9-10H2,1-2H3,(H,16,18). The molecule has 1 aromatic carbocycles. The number of hydrogen-bond donors (Lipinski definition) is 1. The van der Waals surface area contributed by atoms with Crippen LogP contribution < -0.4 is 10.1 Å². The average Bonchev–Trinajstić information content (AvgIpc) is 2.47. The van der Waals surface area contributed by atoms with Crippen molar-refractivity contribution in [2.24, 2.45) is 5.92 Å². The summed E-state index contributed by atoms with van der Waals surface area (Å²) >= 11 is 0. The monoisotopic (exact) mass is 276 g/mol. The van der Waals surface area contributed by atoms with Gasteiger partial charge in [-0.3, -0.25) is 9.59 Å². The maximum Gasteiger partial charge on any atom is 0.313 e. The Morgan fingerprint density at radius 3 is 2.60 bits per heavy atom. The fourth-order valence-corrected chi connectivity index (χ4v) is 2.38. The SMILES string of the molecule is COc1ccc(NC(=O)C(=O)N2CCCC(C)C2)cc1. The van der Waals surface area contributed by atoms with Crippen LogP contribution in [-0.2, 0) is 9.59 Å². The molecule has 1 heterocycles. The second-order valence-corrected chi connectivity index (χ2v) is 5.18. The van der Waals surface area contributed by atoms with Gasteiger partial charge in [-0.15, -0.1) is 0 Å². The molecule has 2 amide bonds. The zero-order valence-corrected chi connectivity index (χ0v) is 11.9. The van der Waals surface area contributed by atoms with Crippen molar-refractivity contribution in [1.29, 1.82) is 0 Å². The van der Waals surface area contributed by atoms with Gasteiger partial charge in [0.1, 0.15) is 5.75 Å². The summed E-state index contributed by atoms with van der Waals surface area (Å²) in [4.78, 5) is 25.6. The van der Waals surface area contributed by atoms with Crippen LogP contribution in [-0.4, -0.2) is 36.9 Å². The van der Waals surface area contributed by atoms with Crippen molar-refractivity contribution in [3.63, 3.8) is 0 Å². The molecule has 5 heteroatoms. The molecule has 5 nitrogen and oxygen atoms in total. The summed E-state index contributed by atoms with van der Waals surface area (Å²) in [6.07, 6.45) is 2.08. The average molecular weight is 276 g/mol. The molecular weight excluding hydrogens is 256 g/mol. The molecule has 20 heavy (non-hydrogen) atoms. The lowest BCUT2D eigenvalue weighted by Gasteiger charge is -2.30. The van der Waals surface area contributed by atoms with Crippen LogP contribution in [0.1, 0.15) is 19.8 Å². The number of ether oxygens (including phenoxy) is 1. The third kappa shape index (κ3) is 3.50. The molecule has 1 aromatic rings. The number of piperidine rings is 1. The van der Waals surface area contributed by atoms with E-state index in [0.29, 0.717) is 30.4 Å². The third-order valence-corrected chi connectivity index (χ3v) is 3.49. The summed E-state index contributed by atoms with van der Waals surface area (Å²) in [6, 6.07) is 6.90. The molecule has 1 atom stereocenters. The molecule has 1 aliphatic heterocycles. The summed E-state index contributed by atoms with van der Waals surface area (Å²) in [7, 11) is 1.58. The first-order valence-corrected chi connectivity index (χ1v) is 6.84. The number of hydrogen-bond acceptors (Lipinski definition) is 3. The predicted octanol–water partition coefficient (Wildman–Crippen LogP) is 1.89. The minimum absolute atomic E-state index is 0.452. The Morgan fingerprint density at radius 1 is 1.30 bits per heavy atom. The highest BCUT2D eigenvalue weighted by atomic mass is 16.5. The van der Waals surface area contributed by atoms with Crippen LogP contribution in [0.2, 0.25) is 0 Å². The van der Waals surface area contributed by atoms with Crippen LogP contribution in [0.4, 0.5) is 5.69 Å². The van der Waals surface area contributed by atoms with Crippen molar-refractivity contribution in [3.8, 4) is 5.75 Å². The molecule has 0 radical (unpaired) electrons. The van der Waals surface area contributed by atoms with E-state index in [1.165, 1.54) is 0 Å². The maximum absolute atomic E-state index is 12.1. The summed E-state index contributed by atoms with van der Waals surface area (Å²) < 4.78 is 5.04. The third-order valence-electron chi connectivity index (χ3n) is 3.49. The number of carbonyl (C=O) groups is 2. The number of nitrogens with zero attached hydrogens (tertiary/aromatic N) is 1. The molecule has 1 unspecified atom stereocenters. The van der Waals surface area contributed by atoms with Crippen LogP contribution >= 0.6 is 0 Å². The van der Waals surface area contributed by atoms with E-state index in [1.807, 2.05) is 0 Å². The molecule has 0 saturated carbocycles. The van der Waals surface area contributed by atoms with Gasteiger partial charge in [0.15, 0.2) is 0 Å². The molecule has 0 aliphatic carbocycles. The van der Waals surface area contributed by atoms with Gasteiger partial charge in [0, 0.05) is 18.8 Å². The topological polar surface area (TPSA) is 58.6 Å². The summed E-state index contributed by atoms with van der Waals surface area (Å²) in [5, 5.41) is 2.62. The van der Waals surface area contributed by atoms with E-state index < -0.39 is 11.8 Å². The first kappa shape index (κ1) is 14.4. The molecule has 108 valence electrons. The Hall–Kier alpha value is -2.04. The second kappa shape index (κ2) is 6.41. The number of anilines is 1. The van der Waals surface area contributed by atoms with E-state index in [2.05, 4.69) is 12.2 Å². The van der Waals surface area contributed by atoms with E-state index in [9.17, 15) is 9.59 Å². The number of carbonyl (C=O) groups excluding carboxylic acids is 2. The first-order chi connectivity index (χ1) is 9.60. The molecule has 1 saturated heterocycles. The van der Waals surface area contributed by atoms with E-state index in [1.54, 1.807) is 36.3 Å². The zero-order valence-electron chi connectivity index (χ0n) is 11.9. The molecule has 0 spiro atoms. The van der Waals surface area contributed by atoms with Gasteiger partial charge in [-0.2, -0.15) is 0 Å². The van der Waals surface area contributed by atoms with Gasteiger partial charge in [-0.25, -0.2) is 0 Å². The molecule has 1 fully saturated rings. The second-order valence-electron chi connectivity index (χ2n) is 5.18. The highest BCUT2D eigenvalue weighted by molar-refractivity contribution is 6.39. The largest absolute Gasteiger partial charge is 0.497 e. The van der Waals surface area contributed by atoms with Crippen LogP contribution in [0.5, 0.6) is 5.75 Å². The van der Waals surface area contributed by atoms with E-state index >= 15 is 0 Å². The fourth-order valence-electron chi connectivity index (χ4n) is 2.38. The lowest BCUT2D eigenvalue weighted by Crippen LogP contribution is -2.44. The van der Waals surface area contributed by atoms with Gasteiger partial charge in [0.2, 0.25) is 0 Å². The Labute approximate surface area is 118 Å². The minimum atomic E-state index is -0.579. The van der Waals surface area contributed by atoms with Gasteiger partial charge in [0.05, 0.1) is 7.11 Å². The Kier molecular flexibility index (Phi) is 4.61. The quantitative estimate of drug-likeness (QED) is 0.839. The number of amides is 2. The molecular formula is C15H20N2O3. The first-order valence-electron chi connectivity index (χ1n) is 6.84.